The number of primary amides is 2. The standard InChI is InChI=1S/C62H106N18O20S/c1-10-33(8)50(80-55(92)37(15-17-48(86)87)71-59(96)44(28-82)78-60(97)49(32(6)7)79-51(88)35(64)27-81)61(98)73-36(14-16-45(65)83)53(90)75-41(22-31(4)5)56(93)72-38(18-20-101-9)54(91)76-42(23-34-25-67-29-69-34)57(94)77-43(24-46(66)84)58(95)74-40(21-30(2)3)52(89)68-26-47(85)70-39(62(99)100)13-11-12-19-63/h25,29-33,35-44,49-50,81-82H,10-24,26-28,63-64H2,1-9H3,(H2,65,83)(H2,66,84)(H,67,69)(H,68,89)(H,70,85)(H,71,96)(H,72,93)(H,73,98)(H,74,95)(H,75,90)(H,76,91)(H,77,94)(H,78,97)(H,79,88)(H,80,92)(H,86,87)(H,99,100)/t33-,35-,36-,37-,38-,39-,40-,41-,42-,43-,44-,49-,50-/m0/s1. The molecule has 38 nitrogen and oxygen atoms in total. The molecule has 1 heterocycles. The number of carbonyl (C=O) groups is 16. The molecular formula is C62H106N18O20S. The molecule has 0 aromatic carbocycles. The highest BCUT2D eigenvalue weighted by Crippen LogP contribution is 2.15. The number of rotatable bonds is 51. The maximum absolute atomic E-state index is 14.5. The van der Waals surface area contributed by atoms with Gasteiger partial charge in [-0.2, -0.15) is 11.8 Å². The van der Waals surface area contributed by atoms with Crippen LogP contribution in [0.2, 0.25) is 0 Å². The number of aliphatic hydroxyl groups excluding tert-OH is 2. The normalized spacial score (nSPS) is 15.1. The Labute approximate surface area is 589 Å². The second kappa shape index (κ2) is 47.1. The van der Waals surface area contributed by atoms with E-state index in [1.165, 1.54) is 45.1 Å². The van der Waals surface area contributed by atoms with Gasteiger partial charge in [-0.3, -0.25) is 71.9 Å². The molecule has 25 N–H and O–H groups in total. The summed E-state index contributed by atoms with van der Waals surface area (Å²) in [6.07, 6.45) is 1.71. The predicted octanol–water partition coefficient (Wildman–Crippen LogP) is -6.52. The van der Waals surface area contributed by atoms with E-state index < -0.39 is 231 Å². The number of aromatic nitrogens is 2. The summed E-state index contributed by atoms with van der Waals surface area (Å²) in [7, 11) is 0. The Morgan fingerprint density at radius 1 is 0.515 bits per heavy atom. The van der Waals surface area contributed by atoms with Crippen molar-refractivity contribution in [3.63, 3.8) is 0 Å². The number of nitrogens with zero attached hydrogens (tertiary/aromatic N) is 1. The summed E-state index contributed by atoms with van der Waals surface area (Å²) in [5.74, 6) is -18.6. The zero-order valence-corrected chi connectivity index (χ0v) is 59.4. The van der Waals surface area contributed by atoms with E-state index in [0.29, 0.717) is 19.4 Å². The first-order chi connectivity index (χ1) is 47.4. The Hall–Kier alpha value is -9.08. The predicted molar refractivity (Wildman–Crippen MR) is 365 cm³/mol. The third-order valence-electron chi connectivity index (χ3n) is 15.6. The molecule has 1 aromatic heterocycles. The summed E-state index contributed by atoms with van der Waals surface area (Å²) in [6, 6.07) is -18.6. The second-order valence-corrected chi connectivity index (χ2v) is 26.4. The van der Waals surface area contributed by atoms with Crippen LogP contribution in [0.3, 0.4) is 0 Å². The minimum absolute atomic E-state index is 0.0341. The molecule has 0 spiro atoms. The van der Waals surface area contributed by atoms with Crippen molar-refractivity contribution in [3.8, 4) is 0 Å². The van der Waals surface area contributed by atoms with Crippen molar-refractivity contribution in [2.45, 2.75) is 211 Å². The number of nitrogens with one attached hydrogen (secondary N) is 13. The molecule has 0 bridgehead atoms. The Morgan fingerprint density at radius 2 is 0.980 bits per heavy atom. The summed E-state index contributed by atoms with van der Waals surface area (Å²) < 4.78 is 0. The number of aliphatic hydroxyl groups is 2. The van der Waals surface area contributed by atoms with Gasteiger partial charge in [-0.05, 0) is 93.6 Å². The van der Waals surface area contributed by atoms with Crippen LogP contribution in [-0.2, 0) is 83.1 Å². The van der Waals surface area contributed by atoms with Gasteiger partial charge in [0.05, 0.1) is 32.5 Å². The lowest BCUT2D eigenvalue weighted by Crippen LogP contribution is -2.62. The SMILES string of the molecule is CC[C@H](C)[C@H](NC(=O)[C@H](CCC(=O)O)NC(=O)[C@H](CO)NC(=O)[C@@H](NC(=O)[C@@H](N)CO)C(C)C)C(=O)N[C@@H](CCC(N)=O)C(=O)N[C@@H](CC(C)C)C(=O)N[C@@H](CCSC)C(=O)N[C@@H](Cc1cnc[nH]1)C(=O)N[C@@H](CC(N)=O)C(=O)N[C@@H](CC(C)C)C(=O)NCC(=O)N[C@@H](CCCCN)C(=O)O. The number of hydrogen-bond donors (Lipinski definition) is 21. The maximum Gasteiger partial charge on any atom is 0.326 e. The van der Waals surface area contributed by atoms with E-state index in [9.17, 15) is 97.1 Å². The van der Waals surface area contributed by atoms with E-state index in [4.69, 9.17) is 22.9 Å². The van der Waals surface area contributed by atoms with Crippen molar-refractivity contribution < 1.29 is 97.1 Å². The van der Waals surface area contributed by atoms with Crippen LogP contribution in [0.25, 0.3) is 0 Å². The van der Waals surface area contributed by atoms with Crippen molar-refractivity contribution in [3.05, 3.63) is 18.2 Å². The Balaban J connectivity index is 3.63. The van der Waals surface area contributed by atoms with Crippen LogP contribution in [0, 0.1) is 23.7 Å². The number of aromatic amines is 1. The molecule has 1 aromatic rings. The van der Waals surface area contributed by atoms with Crippen LogP contribution in [0.4, 0.5) is 0 Å². The number of thioether (sulfide) groups is 1. The number of carboxylic acid groups (broad SMARTS) is 2. The van der Waals surface area contributed by atoms with Gasteiger partial charge < -0.3 is 112 Å². The first kappa shape index (κ1) is 89.9. The lowest BCUT2D eigenvalue weighted by atomic mass is 9.96. The molecular weight excluding hydrogens is 1350 g/mol. The minimum Gasteiger partial charge on any atom is -0.481 e. The van der Waals surface area contributed by atoms with E-state index in [0.717, 1.165) is 0 Å². The Bertz CT molecular complexity index is 2940. The van der Waals surface area contributed by atoms with Gasteiger partial charge in [-0.25, -0.2) is 9.78 Å². The van der Waals surface area contributed by atoms with Gasteiger partial charge in [0, 0.05) is 31.2 Å². The molecule has 0 radical (unpaired) electrons. The molecule has 570 valence electrons. The monoisotopic (exact) mass is 1450 g/mol. The zero-order chi connectivity index (χ0) is 76.8. The number of carbonyl (C=O) groups excluding carboxylic acids is 14. The van der Waals surface area contributed by atoms with Gasteiger partial charge in [0.25, 0.3) is 0 Å². The summed E-state index contributed by atoms with van der Waals surface area (Å²) in [6.45, 7) is 10.8. The van der Waals surface area contributed by atoms with E-state index in [2.05, 4.69) is 73.8 Å². The minimum atomic E-state index is -1.80. The number of nitrogens with two attached hydrogens (primary N) is 4. The van der Waals surface area contributed by atoms with Crippen molar-refractivity contribution >= 4 is 106 Å². The van der Waals surface area contributed by atoms with Crippen molar-refractivity contribution in [2.75, 3.05) is 38.3 Å². The van der Waals surface area contributed by atoms with Crippen LogP contribution in [-0.4, -0.2) is 236 Å². The summed E-state index contributed by atoms with van der Waals surface area (Å²) in [4.78, 5) is 221. The number of unbranched alkanes of at least 4 members (excludes halogenated alkanes) is 1. The Kier molecular flexibility index (Phi) is 41.9. The summed E-state index contributed by atoms with van der Waals surface area (Å²) >= 11 is 1.27. The zero-order valence-electron chi connectivity index (χ0n) is 58.6. The lowest BCUT2D eigenvalue weighted by Gasteiger charge is -2.30. The fourth-order valence-corrected chi connectivity index (χ4v) is 10.2. The summed E-state index contributed by atoms with van der Waals surface area (Å²) in [5, 5.41) is 67.9. The highest BCUT2D eigenvalue weighted by Gasteiger charge is 2.39. The van der Waals surface area contributed by atoms with Gasteiger partial charge in [-0.1, -0.05) is 61.8 Å². The maximum atomic E-state index is 14.5. The van der Waals surface area contributed by atoms with Crippen LogP contribution in [0.5, 0.6) is 0 Å². The number of hydrogen-bond acceptors (Lipinski definition) is 22. The van der Waals surface area contributed by atoms with E-state index >= 15 is 0 Å². The highest BCUT2D eigenvalue weighted by molar-refractivity contribution is 7.98. The first-order valence-electron chi connectivity index (χ1n) is 33.2. The van der Waals surface area contributed by atoms with Gasteiger partial charge in [0.15, 0.2) is 0 Å². The van der Waals surface area contributed by atoms with Gasteiger partial charge >= 0.3 is 11.9 Å². The molecule has 101 heavy (non-hydrogen) atoms. The molecule has 14 amide bonds. The average molecular weight is 1460 g/mol. The number of imidazole rings is 1. The Morgan fingerprint density at radius 3 is 1.47 bits per heavy atom. The highest BCUT2D eigenvalue weighted by atomic mass is 32.2. The molecule has 0 aliphatic rings. The fourth-order valence-electron chi connectivity index (χ4n) is 9.71. The lowest BCUT2D eigenvalue weighted by molar-refractivity contribution is -0.142. The van der Waals surface area contributed by atoms with Crippen molar-refractivity contribution in [2.24, 2.45) is 46.6 Å². The third kappa shape index (κ3) is 34.7. The molecule has 0 saturated carbocycles. The second-order valence-electron chi connectivity index (χ2n) is 25.5. The smallest absolute Gasteiger partial charge is 0.326 e. The number of carboxylic acids is 2. The van der Waals surface area contributed by atoms with E-state index in [1.807, 2.05) is 0 Å². The molecule has 0 fully saturated rings. The number of aliphatic carboxylic acids is 2. The van der Waals surface area contributed by atoms with Gasteiger partial charge in [-0.15, -0.1) is 0 Å². The number of amides is 14. The van der Waals surface area contributed by atoms with Crippen molar-refractivity contribution in [1.82, 2.24) is 73.8 Å². The third-order valence-corrected chi connectivity index (χ3v) is 16.2. The first-order valence-corrected chi connectivity index (χ1v) is 34.6. The largest absolute Gasteiger partial charge is 0.481 e. The van der Waals surface area contributed by atoms with Crippen LogP contribution < -0.4 is 86.7 Å². The molecule has 13 atom stereocenters. The topological polar surface area (TPSA) is 631 Å². The van der Waals surface area contributed by atoms with Gasteiger partial charge in [0.1, 0.15) is 72.5 Å². The van der Waals surface area contributed by atoms with Crippen LogP contribution in [0.15, 0.2) is 12.5 Å². The van der Waals surface area contributed by atoms with Crippen molar-refractivity contribution in [1.29, 1.82) is 0 Å². The van der Waals surface area contributed by atoms with E-state index in [-0.39, 0.29) is 61.8 Å². The van der Waals surface area contributed by atoms with Crippen LogP contribution in [0.1, 0.15) is 138 Å². The number of H-pyrrole nitrogens is 1. The average Bonchev–Trinajstić information content (AvgIpc) is 1.17. The molecule has 1 rings (SSSR count). The quantitative estimate of drug-likeness (QED) is 0.0270. The molecule has 0 aliphatic carbocycles. The van der Waals surface area contributed by atoms with E-state index in [1.54, 1.807) is 40.9 Å². The molecule has 39 heteroatoms. The summed E-state index contributed by atoms with van der Waals surface area (Å²) in [5.41, 5.74) is 22.4. The fraction of sp³-hybridized carbons (Fsp3) is 0.694. The molecule has 0 aliphatic heterocycles. The van der Waals surface area contributed by atoms with Gasteiger partial charge in [0.2, 0.25) is 82.7 Å². The molecule has 0 unspecified atom stereocenters. The van der Waals surface area contributed by atoms with Crippen LogP contribution >= 0.6 is 11.8 Å². The molecule has 0 saturated heterocycles.